The van der Waals surface area contributed by atoms with E-state index >= 15 is 0 Å². The van der Waals surface area contributed by atoms with Crippen LogP contribution in [0.15, 0.2) is 24.3 Å². The molecule has 122 valence electrons. The number of ketones is 1. The normalized spacial score (nSPS) is 19.6. The lowest BCUT2D eigenvalue weighted by Crippen LogP contribution is -2.41. The van der Waals surface area contributed by atoms with Gasteiger partial charge in [0, 0.05) is 23.3 Å². The smallest absolute Gasteiger partial charge is 0.163 e. The number of ether oxygens (including phenoxy) is 3. The molecule has 2 rings (SSSR count). The third-order valence-corrected chi connectivity index (χ3v) is 3.74. The molecule has 0 N–H and O–H groups in total. The van der Waals surface area contributed by atoms with E-state index in [-0.39, 0.29) is 23.4 Å². The molecule has 0 spiro atoms. The van der Waals surface area contributed by atoms with Gasteiger partial charge in [0.25, 0.3) is 0 Å². The molecular formula is C18H26O4. The minimum absolute atomic E-state index is 0.0372. The summed E-state index contributed by atoms with van der Waals surface area (Å²) in [5.74, 6) is 0.927. The molecule has 0 saturated carbocycles. The van der Waals surface area contributed by atoms with Crippen molar-refractivity contribution >= 4 is 5.78 Å². The first-order valence-corrected chi connectivity index (χ1v) is 7.90. The van der Waals surface area contributed by atoms with Gasteiger partial charge >= 0.3 is 0 Å². The maximum absolute atomic E-state index is 12.3. The minimum atomic E-state index is -0.292. The molecule has 1 fully saturated rings. The Labute approximate surface area is 132 Å². The molecule has 0 radical (unpaired) electrons. The van der Waals surface area contributed by atoms with E-state index in [1.165, 1.54) is 0 Å². The van der Waals surface area contributed by atoms with Gasteiger partial charge in [-0.2, -0.15) is 0 Å². The molecule has 0 aliphatic carbocycles. The Hall–Kier alpha value is -1.39. The Morgan fingerprint density at radius 3 is 2.41 bits per heavy atom. The first kappa shape index (κ1) is 17.0. The molecular weight excluding hydrogens is 280 g/mol. The van der Waals surface area contributed by atoms with Crippen LogP contribution in [0.4, 0.5) is 0 Å². The van der Waals surface area contributed by atoms with Gasteiger partial charge in [0.05, 0.1) is 19.8 Å². The highest BCUT2D eigenvalue weighted by Gasteiger charge is 2.32. The molecule has 1 aromatic carbocycles. The summed E-state index contributed by atoms with van der Waals surface area (Å²) in [7, 11) is 0. The van der Waals surface area contributed by atoms with E-state index in [1.54, 1.807) is 0 Å². The molecule has 0 bridgehead atoms. The van der Waals surface area contributed by atoms with Gasteiger partial charge in [0.15, 0.2) is 12.1 Å². The summed E-state index contributed by atoms with van der Waals surface area (Å²) >= 11 is 0. The summed E-state index contributed by atoms with van der Waals surface area (Å²) in [6, 6.07) is 7.28. The highest BCUT2D eigenvalue weighted by molar-refractivity contribution is 5.96. The second-order valence-corrected chi connectivity index (χ2v) is 6.72. The average Bonchev–Trinajstić information content (AvgIpc) is 2.48. The molecule has 0 unspecified atom stereocenters. The highest BCUT2D eigenvalue weighted by Crippen LogP contribution is 2.28. The average molecular weight is 306 g/mol. The zero-order valence-electron chi connectivity index (χ0n) is 13.9. The van der Waals surface area contributed by atoms with Crippen molar-refractivity contribution in [3.05, 3.63) is 29.8 Å². The van der Waals surface area contributed by atoms with Crippen LogP contribution < -0.4 is 4.74 Å². The van der Waals surface area contributed by atoms with E-state index in [1.807, 2.05) is 38.1 Å². The summed E-state index contributed by atoms with van der Waals surface area (Å²) < 4.78 is 16.9. The fourth-order valence-electron chi connectivity index (χ4n) is 2.44. The van der Waals surface area contributed by atoms with Crippen LogP contribution in [0, 0.1) is 11.3 Å². The Morgan fingerprint density at radius 2 is 1.86 bits per heavy atom. The molecule has 1 aliphatic heterocycles. The third-order valence-electron chi connectivity index (χ3n) is 3.74. The number of rotatable bonds is 6. The first-order chi connectivity index (χ1) is 10.4. The second kappa shape index (κ2) is 7.25. The van der Waals surface area contributed by atoms with Crippen LogP contribution in [0.2, 0.25) is 0 Å². The van der Waals surface area contributed by atoms with Crippen LogP contribution >= 0.6 is 0 Å². The van der Waals surface area contributed by atoms with Crippen molar-refractivity contribution in [2.24, 2.45) is 11.3 Å². The summed E-state index contributed by atoms with van der Waals surface area (Å²) in [6.07, 6.45) is 0.124. The highest BCUT2D eigenvalue weighted by atomic mass is 16.7. The molecule has 4 nitrogen and oxygen atoms in total. The molecule has 22 heavy (non-hydrogen) atoms. The maximum Gasteiger partial charge on any atom is 0.163 e. The lowest BCUT2D eigenvalue weighted by atomic mass is 9.94. The summed E-state index contributed by atoms with van der Waals surface area (Å²) in [5, 5.41) is 0. The fraction of sp³-hybridized carbons (Fsp3) is 0.611. The Balaban J connectivity index is 1.88. The van der Waals surface area contributed by atoms with Crippen LogP contribution in [0.5, 0.6) is 5.75 Å². The van der Waals surface area contributed by atoms with Gasteiger partial charge in [-0.15, -0.1) is 0 Å². The SMILES string of the molecule is CCOc1ccc(C(=O)C[C@@H](C)C2OCC(C)(C)CO2)cc1. The quantitative estimate of drug-likeness (QED) is 0.752. The summed E-state index contributed by atoms with van der Waals surface area (Å²) in [4.78, 5) is 12.3. The summed E-state index contributed by atoms with van der Waals surface area (Å²) in [6.45, 7) is 10.1. The van der Waals surface area contributed by atoms with Crippen LogP contribution in [0.25, 0.3) is 0 Å². The monoisotopic (exact) mass is 306 g/mol. The molecule has 1 aromatic rings. The predicted molar refractivity (Wildman–Crippen MR) is 85.2 cm³/mol. The van der Waals surface area contributed by atoms with Gasteiger partial charge in [0.1, 0.15) is 5.75 Å². The Kier molecular flexibility index (Phi) is 5.59. The van der Waals surface area contributed by atoms with Crippen molar-refractivity contribution in [1.29, 1.82) is 0 Å². The number of hydrogen-bond donors (Lipinski definition) is 0. The number of carbonyl (C=O) groups excluding carboxylic acids is 1. The molecule has 1 atom stereocenters. The second-order valence-electron chi connectivity index (χ2n) is 6.72. The molecule has 4 heteroatoms. The van der Waals surface area contributed by atoms with Crippen LogP contribution in [0.3, 0.4) is 0 Å². The van der Waals surface area contributed by atoms with Gasteiger partial charge in [-0.3, -0.25) is 4.79 Å². The van der Waals surface area contributed by atoms with Crippen LogP contribution in [-0.4, -0.2) is 31.9 Å². The Morgan fingerprint density at radius 1 is 1.27 bits per heavy atom. The lowest BCUT2D eigenvalue weighted by molar-refractivity contribution is -0.240. The fourth-order valence-corrected chi connectivity index (χ4v) is 2.44. The van der Waals surface area contributed by atoms with E-state index < -0.39 is 0 Å². The zero-order chi connectivity index (χ0) is 16.2. The van der Waals surface area contributed by atoms with Gasteiger partial charge in [-0.1, -0.05) is 20.8 Å². The molecule has 1 heterocycles. The summed E-state index contributed by atoms with van der Waals surface area (Å²) in [5.41, 5.74) is 0.751. The van der Waals surface area contributed by atoms with Crippen LogP contribution in [-0.2, 0) is 9.47 Å². The van der Waals surface area contributed by atoms with Crippen molar-refractivity contribution < 1.29 is 19.0 Å². The maximum atomic E-state index is 12.3. The van der Waals surface area contributed by atoms with Gasteiger partial charge in [-0.25, -0.2) is 0 Å². The van der Waals surface area contributed by atoms with Crippen LogP contribution in [0.1, 0.15) is 44.5 Å². The number of benzene rings is 1. The van der Waals surface area contributed by atoms with Crippen molar-refractivity contribution in [2.45, 2.75) is 40.4 Å². The predicted octanol–water partition coefficient (Wildman–Crippen LogP) is 3.69. The van der Waals surface area contributed by atoms with Crippen molar-refractivity contribution in [3.63, 3.8) is 0 Å². The van der Waals surface area contributed by atoms with Gasteiger partial charge < -0.3 is 14.2 Å². The largest absolute Gasteiger partial charge is 0.494 e. The van der Waals surface area contributed by atoms with Crippen molar-refractivity contribution in [1.82, 2.24) is 0 Å². The standard InChI is InChI=1S/C18H26O4/c1-5-20-15-8-6-14(7-9-15)16(19)10-13(2)17-21-11-18(3,4)12-22-17/h6-9,13,17H,5,10-12H2,1-4H3/t13-/m1/s1. The molecule has 1 aliphatic rings. The molecule has 0 amide bonds. The Bertz CT molecular complexity index is 482. The minimum Gasteiger partial charge on any atom is -0.494 e. The topological polar surface area (TPSA) is 44.8 Å². The van der Waals surface area contributed by atoms with Crippen molar-refractivity contribution in [2.75, 3.05) is 19.8 Å². The van der Waals surface area contributed by atoms with E-state index in [9.17, 15) is 4.79 Å². The molecule has 1 saturated heterocycles. The van der Waals surface area contributed by atoms with Gasteiger partial charge in [-0.05, 0) is 31.2 Å². The molecule has 0 aromatic heterocycles. The van der Waals surface area contributed by atoms with E-state index in [4.69, 9.17) is 14.2 Å². The zero-order valence-corrected chi connectivity index (χ0v) is 13.9. The van der Waals surface area contributed by atoms with Gasteiger partial charge in [0.2, 0.25) is 0 Å². The lowest BCUT2D eigenvalue weighted by Gasteiger charge is -2.37. The van der Waals surface area contributed by atoms with E-state index in [0.29, 0.717) is 31.8 Å². The number of hydrogen-bond acceptors (Lipinski definition) is 4. The van der Waals surface area contributed by atoms with E-state index in [0.717, 1.165) is 5.75 Å². The third kappa shape index (κ3) is 4.55. The number of Topliss-reactive ketones (excluding diaryl/α,β-unsaturated/α-hetero) is 1. The first-order valence-electron chi connectivity index (χ1n) is 7.90. The number of carbonyl (C=O) groups is 1. The van der Waals surface area contributed by atoms with Crippen molar-refractivity contribution in [3.8, 4) is 5.75 Å². The van der Waals surface area contributed by atoms with E-state index in [2.05, 4.69) is 13.8 Å².